The molecule has 7 nitrogen and oxygen atoms in total. The van der Waals surface area contributed by atoms with Crippen LogP contribution in [0.5, 0.6) is 0 Å². The zero-order chi connectivity index (χ0) is 18.3. The lowest BCUT2D eigenvalue weighted by atomic mass is 10.00. The molecule has 1 aliphatic heterocycles. The number of allylic oxidation sites excluding steroid dienone is 1. The summed E-state index contributed by atoms with van der Waals surface area (Å²) in [6.07, 6.45) is 1.44. The van der Waals surface area contributed by atoms with E-state index in [0.717, 1.165) is 5.76 Å². The highest BCUT2D eigenvalue weighted by Crippen LogP contribution is 2.35. The van der Waals surface area contributed by atoms with Crippen molar-refractivity contribution in [3.05, 3.63) is 70.5 Å². The molecule has 0 spiro atoms. The van der Waals surface area contributed by atoms with Gasteiger partial charge >= 0.3 is 0 Å². The average molecular weight is 370 g/mol. The minimum absolute atomic E-state index is 0.252. The van der Waals surface area contributed by atoms with Crippen LogP contribution in [0.1, 0.15) is 24.5 Å². The smallest absolute Gasteiger partial charge is 0.256 e. The summed E-state index contributed by atoms with van der Waals surface area (Å²) >= 11 is 5.91. The first-order valence-electron chi connectivity index (χ1n) is 8.03. The number of furan rings is 1. The number of hydrogen-bond donors (Lipinski definition) is 2. The highest BCUT2D eigenvalue weighted by molar-refractivity contribution is 6.30. The van der Waals surface area contributed by atoms with Crippen LogP contribution < -0.4 is 10.6 Å². The number of aryl methyl sites for hydroxylation is 1. The predicted molar refractivity (Wildman–Crippen MR) is 98.0 cm³/mol. The molecule has 0 saturated carbocycles. The second kappa shape index (κ2) is 6.34. The second-order valence-electron chi connectivity index (χ2n) is 6.00. The third kappa shape index (κ3) is 2.86. The third-order valence-corrected chi connectivity index (χ3v) is 4.42. The lowest BCUT2D eigenvalue weighted by Gasteiger charge is -2.27. The summed E-state index contributed by atoms with van der Waals surface area (Å²) in [5, 5.41) is 10.9. The van der Waals surface area contributed by atoms with Gasteiger partial charge in [0.1, 0.15) is 23.9 Å². The average Bonchev–Trinajstić information content (AvgIpc) is 3.24. The number of amides is 1. The van der Waals surface area contributed by atoms with E-state index in [-0.39, 0.29) is 5.91 Å². The molecule has 26 heavy (non-hydrogen) atoms. The van der Waals surface area contributed by atoms with Gasteiger partial charge in [-0.3, -0.25) is 4.79 Å². The first-order valence-corrected chi connectivity index (χ1v) is 8.41. The molecule has 3 aromatic rings. The van der Waals surface area contributed by atoms with Crippen molar-refractivity contribution in [1.82, 2.24) is 14.8 Å². The molecule has 1 aliphatic rings. The highest BCUT2D eigenvalue weighted by atomic mass is 35.5. The molecular formula is C18H16ClN5O2. The fourth-order valence-corrected chi connectivity index (χ4v) is 3.11. The quantitative estimate of drug-likeness (QED) is 0.734. The molecule has 0 radical (unpaired) electrons. The molecule has 1 amide bonds. The summed E-state index contributed by atoms with van der Waals surface area (Å²) < 4.78 is 7.44. The van der Waals surface area contributed by atoms with Gasteiger partial charge < -0.3 is 15.1 Å². The van der Waals surface area contributed by atoms with Gasteiger partial charge in [0.15, 0.2) is 0 Å². The molecule has 0 aliphatic carbocycles. The van der Waals surface area contributed by atoms with Crippen molar-refractivity contribution in [2.24, 2.45) is 0 Å². The van der Waals surface area contributed by atoms with E-state index in [2.05, 4.69) is 20.7 Å². The molecule has 0 saturated heterocycles. The van der Waals surface area contributed by atoms with Gasteiger partial charge in [0, 0.05) is 16.4 Å². The second-order valence-corrected chi connectivity index (χ2v) is 6.44. The maximum atomic E-state index is 13.0. The van der Waals surface area contributed by atoms with Crippen molar-refractivity contribution in [1.29, 1.82) is 0 Å². The monoisotopic (exact) mass is 369 g/mol. The fraction of sp³-hybridized carbons (Fsp3) is 0.167. The lowest BCUT2D eigenvalue weighted by molar-refractivity contribution is -0.113. The van der Waals surface area contributed by atoms with E-state index in [4.69, 9.17) is 16.0 Å². The Balaban J connectivity index is 1.74. The van der Waals surface area contributed by atoms with Crippen molar-refractivity contribution in [2.75, 3.05) is 10.6 Å². The van der Waals surface area contributed by atoms with Gasteiger partial charge in [-0.15, -0.1) is 0 Å². The number of rotatable bonds is 3. The van der Waals surface area contributed by atoms with E-state index in [1.807, 2.05) is 26.0 Å². The van der Waals surface area contributed by atoms with Crippen LogP contribution in [0.15, 0.2) is 58.4 Å². The number of hydrogen-bond acceptors (Lipinski definition) is 5. The predicted octanol–water partition coefficient (Wildman–Crippen LogP) is 3.76. The number of carbonyl (C=O) groups excluding carboxylic acids is 1. The Morgan fingerprint density at radius 1 is 1.23 bits per heavy atom. The van der Waals surface area contributed by atoms with Crippen molar-refractivity contribution in [2.45, 2.75) is 19.9 Å². The third-order valence-electron chi connectivity index (χ3n) is 4.17. The Morgan fingerprint density at radius 3 is 2.69 bits per heavy atom. The van der Waals surface area contributed by atoms with Crippen LogP contribution in [0.3, 0.4) is 0 Å². The van der Waals surface area contributed by atoms with E-state index in [1.165, 1.54) is 6.33 Å². The van der Waals surface area contributed by atoms with Crippen LogP contribution in [0.4, 0.5) is 11.6 Å². The van der Waals surface area contributed by atoms with Gasteiger partial charge in [-0.05, 0) is 50.2 Å². The molecule has 2 N–H and O–H groups in total. The van der Waals surface area contributed by atoms with E-state index < -0.39 is 6.04 Å². The molecule has 3 heterocycles. The Hall–Kier alpha value is -3.06. The molecule has 132 valence electrons. The van der Waals surface area contributed by atoms with Crippen LogP contribution in [0, 0.1) is 6.92 Å². The molecule has 2 aromatic heterocycles. The van der Waals surface area contributed by atoms with E-state index >= 15 is 0 Å². The number of nitrogens with one attached hydrogen (secondary N) is 2. The van der Waals surface area contributed by atoms with Gasteiger partial charge in [0.25, 0.3) is 5.91 Å². The summed E-state index contributed by atoms with van der Waals surface area (Å²) in [4.78, 5) is 17.2. The molecular weight excluding hydrogens is 354 g/mol. The van der Waals surface area contributed by atoms with Gasteiger partial charge in [0.05, 0.1) is 5.57 Å². The molecule has 1 atom stereocenters. The minimum atomic E-state index is -0.505. The summed E-state index contributed by atoms with van der Waals surface area (Å²) in [7, 11) is 0. The lowest BCUT2D eigenvalue weighted by Crippen LogP contribution is -2.31. The SMILES string of the molecule is CC1=C(C(=O)Nc2ccc(Cl)cc2)[C@H](c2ccc(C)o2)n2ncnc2N1. The summed E-state index contributed by atoms with van der Waals surface area (Å²) in [5.74, 6) is 1.69. The maximum absolute atomic E-state index is 13.0. The Labute approximate surface area is 154 Å². The van der Waals surface area contributed by atoms with Crippen LogP contribution in [0.2, 0.25) is 5.02 Å². The van der Waals surface area contributed by atoms with Crippen LogP contribution in [-0.2, 0) is 4.79 Å². The maximum Gasteiger partial charge on any atom is 0.256 e. The van der Waals surface area contributed by atoms with Crippen LogP contribution in [-0.4, -0.2) is 20.7 Å². The number of anilines is 2. The Bertz CT molecular complexity index is 1000. The van der Waals surface area contributed by atoms with Crippen molar-refractivity contribution in [3.8, 4) is 0 Å². The zero-order valence-electron chi connectivity index (χ0n) is 14.2. The topological polar surface area (TPSA) is 85.0 Å². The van der Waals surface area contributed by atoms with Gasteiger partial charge in [0.2, 0.25) is 5.95 Å². The van der Waals surface area contributed by atoms with Crippen molar-refractivity contribution in [3.63, 3.8) is 0 Å². The van der Waals surface area contributed by atoms with Crippen molar-refractivity contribution >= 4 is 29.1 Å². The van der Waals surface area contributed by atoms with Gasteiger partial charge in [-0.2, -0.15) is 10.1 Å². The Kier molecular flexibility index (Phi) is 4.00. The van der Waals surface area contributed by atoms with E-state index in [0.29, 0.717) is 33.7 Å². The summed E-state index contributed by atoms with van der Waals surface area (Å²) in [6, 6.07) is 10.1. The number of aromatic nitrogens is 3. The van der Waals surface area contributed by atoms with Crippen LogP contribution >= 0.6 is 11.6 Å². The normalized spacial score (nSPS) is 16.2. The zero-order valence-corrected chi connectivity index (χ0v) is 14.9. The number of halogens is 1. The number of benzene rings is 1. The first-order chi connectivity index (χ1) is 12.5. The summed E-state index contributed by atoms with van der Waals surface area (Å²) in [5.41, 5.74) is 1.85. The van der Waals surface area contributed by atoms with Gasteiger partial charge in [-0.1, -0.05) is 11.6 Å². The molecule has 4 rings (SSSR count). The minimum Gasteiger partial charge on any atom is -0.464 e. The number of nitrogens with zero attached hydrogens (tertiary/aromatic N) is 3. The molecule has 0 unspecified atom stereocenters. The summed E-state index contributed by atoms with van der Waals surface area (Å²) in [6.45, 7) is 3.69. The Morgan fingerprint density at radius 2 is 2.00 bits per heavy atom. The number of fused-ring (bicyclic) bond motifs is 1. The fourth-order valence-electron chi connectivity index (χ4n) is 2.98. The molecule has 0 fully saturated rings. The van der Waals surface area contributed by atoms with Crippen LogP contribution in [0.25, 0.3) is 0 Å². The number of carbonyl (C=O) groups is 1. The van der Waals surface area contributed by atoms with E-state index in [1.54, 1.807) is 28.9 Å². The van der Waals surface area contributed by atoms with Crippen molar-refractivity contribution < 1.29 is 9.21 Å². The molecule has 8 heteroatoms. The molecule has 0 bridgehead atoms. The standard InChI is InChI=1S/C18H16ClN5O2/c1-10-3-8-14(26-10)16-15(11(2)22-18-20-9-21-24(16)18)17(25)23-13-6-4-12(19)5-7-13/h3-9,16H,1-2H3,(H,23,25)(H,20,21,22)/t16-/m0/s1. The van der Waals surface area contributed by atoms with E-state index in [9.17, 15) is 4.79 Å². The molecule has 1 aromatic carbocycles. The van der Waals surface area contributed by atoms with Gasteiger partial charge in [-0.25, -0.2) is 4.68 Å². The highest BCUT2D eigenvalue weighted by Gasteiger charge is 2.35. The first kappa shape index (κ1) is 16.4. The largest absolute Gasteiger partial charge is 0.464 e.